The molecule has 4 aromatic rings. The van der Waals surface area contributed by atoms with E-state index < -0.39 is 29.9 Å². The first-order chi connectivity index (χ1) is 19.9. The summed E-state index contributed by atoms with van der Waals surface area (Å²) >= 11 is 5.92. The molecule has 0 bridgehead atoms. The number of hydrogen-bond donors (Lipinski definition) is 1. The number of nitrogens with one attached hydrogen (secondary N) is 1. The molecule has 0 saturated carbocycles. The Morgan fingerprint density at radius 2 is 1.83 bits per heavy atom. The first kappa shape index (κ1) is 29.5. The molecule has 1 aliphatic rings. The van der Waals surface area contributed by atoms with E-state index in [1.807, 2.05) is 4.90 Å². The van der Waals surface area contributed by atoms with Crippen LogP contribution in [-0.4, -0.2) is 39.9 Å². The van der Waals surface area contributed by atoms with Crippen LogP contribution in [0.15, 0.2) is 66.9 Å². The van der Waals surface area contributed by atoms with E-state index in [0.29, 0.717) is 41.9 Å². The summed E-state index contributed by atoms with van der Waals surface area (Å²) < 4.78 is 84.1. The SMILES string of the molecule is O=C(NCc1ccnc(Cl)c1)n1c2c(c3c(OC(F)(F)F)cccc31)CN(C/C=C/c1ccc(C(F)(F)F)cc1)CC2. The van der Waals surface area contributed by atoms with Crippen LogP contribution in [-0.2, 0) is 25.7 Å². The van der Waals surface area contributed by atoms with Crippen LogP contribution in [0.4, 0.5) is 31.1 Å². The Labute approximate surface area is 241 Å². The largest absolute Gasteiger partial charge is 0.573 e. The lowest BCUT2D eigenvalue weighted by atomic mass is 10.0. The minimum atomic E-state index is -4.94. The van der Waals surface area contributed by atoms with Crippen molar-refractivity contribution in [2.45, 2.75) is 32.0 Å². The number of hydrogen-bond acceptors (Lipinski definition) is 4. The average molecular weight is 609 g/mol. The molecule has 1 N–H and O–H groups in total. The Bertz CT molecular complexity index is 1630. The van der Waals surface area contributed by atoms with Gasteiger partial charge in [-0.3, -0.25) is 9.47 Å². The first-order valence-electron chi connectivity index (χ1n) is 12.7. The third-order valence-electron chi connectivity index (χ3n) is 6.79. The normalized spacial score (nSPS) is 14.4. The number of carbonyl (C=O) groups excluding carboxylic acids is 1. The van der Waals surface area contributed by atoms with Gasteiger partial charge < -0.3 is 10.1 Å². The summed E-state index contributed by atoms with van der Waals surface area (Å²) in [6, 6.07) is 11.6. The molecule has 0 unspecified atom stereocenters. The third-order valence-corrected chi connectivity index (χ3v) is 6.99. The summed E-state index contributed by atoms with van der Waals surface area (Å²) in [5, 5.41) is 3.23. The molecule has 220 valence electrons. The van der Waals surface area contributed by atoms with Crippen molar-refractivity contribution in [3.8, 4) is 5.75 Å². The van der Waals surface area contributed by atoms with Gasteiger partial charge in [-0.25, -0.2) is 9.78 Å². The molecule has 13 heteroatoms. The number of carbonyl (C=O) groups is 1. The van der Waals surface area contributed by atoms with E-state index in [0.717, 1.165) is 12.1 Å². The van der Waals surface area contributed by atoms with Crippen molar-refractivity contribution in [2.75, 3.05) is 13.1 Å². The number of ether oxygens (including phenoxy) is 1. The minimum absolute atomic E-state index is 0.120. The fraction of sp³-hybridized carbons (Fsp3) is 0.241. The summed E-state index contributed by atoms with van der Waals surface area (Å²) in [5.74, 6) is -0.411. The van der Waals surface area contributed by atoms with Crippen molar-refractivity contribution < 1.29 is 35.9 Å². The molecule has 3 heterocycles. The average Bonchev–Trinajstić information content (AvgIpc) is 3.25. The molecule has 1 amide bonds. The number of alkyl halides is 6. The second kappa shape index (κ2) is 11.7. The van der Waals surface area contributed by atoms with Crippen LogP contribution in [0.2, 0.25) is 5.15 Å². The Balaban J connectivity index is 1.41. The van der Waals surface area contributed by atoms with Gasteiger partial charge in [-0.1, -0.05) is 42.0 Å². The van der Waals surface area contributed by atoms with Gasteiger partial charge in [-0.05, 0) is 53.1 Å². The molecule has 0 fully saturated rings. The highest BCUT2D eigenvalue weighted by Crippen LogP contribution is 2.39. The third kappa shape index (κ3) is 6.71. The van der Waals surface area contributed by atoms with E-state index in [1.165, 1.54) is 35.0 Å². The summed E-state index contributed by atoms with van der Waals surface area (Å²) in [4.78, 5) is 19.3. The van der Waals surface area contributed by atoms with Crippen molar-refractivity contribution in [3.63, 3.8) is 0 Å². The predicted octanol–water partition coefficient (Wildman–Crippen LogP) is 7.44. The van der Waals surface area contributed by atoms with Gasteiger partial charge in [0.25, 0.3) is 0 Å². The predicted molar refractivity (Wildman–Crippen MR) is 145 cm³/mol. The minimum Gasteiger partial charge on any atom is -0.405 e. The van der Waals surface area contributed by atoms with Crippen LogP contribution in [0.25, 0.3) is 17.0 Å². The lowest BCUT2D eigenvalue weighted by Crippen LogP contribution is -2.34. The van der Waals surface area contributed by atoms with Gasteiger partial charge in [0, 0.05) is 49.9 Å². The van der Waals surface area contributed by atoms with Crippen LogP contribution in [0.5, 0.6) is 5.75 Å². The van der Waals surface area contributed by atoms with Gasteiger partial charge >= 0.3 is 18.6 Å². The van der Waals surface area contributed by atoms with Crippen LogP contribution < -0.4 is 10.1 Å². The lowest BCUT2D eigenvalue weighted by molar-refractivity contribution is -0.274. The quantitative estimate of drug-likeness (QED) is 0.183. The molecule has 6 nitrogen and oxygen atoms in total. The van der Waals surface area contributed by atoms with Crippen LogP contribution >= 0.6 is 11.6 Å². The maximum absolute atomic E-state index is 13.4. The standard InChI is InChI=1S/C29H23ClF6N4O2/c30-25-15-19(10-12-37-25)16-38-27(41)40-22-11-14-39(13-2-3-18-6-8-20(9-7-18)28(31,32)33)17-21(22)26-23(40)4-1-5-24(26)42-29(34,35)36/h1-10,12,15H,11,13-14,16-17H2,(H,38,41)/b3-2+. The Morgan fingerprint density at radius 1 is 1.07 bits per heavy atom. The summed E-state index contributed by atoms with van der Waals surface area (Å²) in [7, 11) is 0. The van der Waals surface area contributed by atoms with Crippen LogP contribution in [0.1, 0.15) is 27.9 Å². The molecule has 0 spiro atoms. The van der Waals surface area contributed by atoms with Crippen LogP contribution in [0.3, 0.4) is 0 Å². The number of aromatic nitrogens is 2. The van der Waals surface area contributed by atoms with E-state index in [1.54, 1.807) is 30.4 Å². The van der Waals surface area contributed by atoms with Crippen molar-refractivity contribution >= 4 is 34.6 Å². The fourth-order valence-corrected chi connectivity index (χ4v) is 5.16. The van der Waals surface area contributed by atoms with Gasteiger partial charge in [0.1, 0.15) is 10.9 Å². The lowest BCUT2D eigenvalue weighted by Gasteiger charge is -2.27. The van der Waals surface area contributed by atoms with E-state index in [4.69, 9.17) is 11.6 Å². The topological polar surface area (TPSA) is 59.4 Å². The number of pyridine rings is 1. The zero-order valence-corrected chi connectivity index (χ0v) is 22.5. The first-order valence-corrected chi connectivity index (χ1v) is 13.1. The van der Waals surface area contributed by atoms with Gasteiger partial charge in [-0.15, -0.1) is 13.2 Å². The van der Waals surface area contributed by atoms with Crippen LogP contribution in [0, 0.1) is 0 Å². The van der Waals surface area contributed by atoms with E-state index in [-0.39, 0.29) is 29.1 Å². The Hall–Kier alpha value is -4.03. The number of nitrogens with zero attached hydrogens (tertiary/aromatic N) is 3. The van der Waals surface area contributed by atoms with Gasteiger partial charge in [0.2, 0.25) is 0 Å². The second-order valence-corrected chi connectivity index (χ2v) is 10.00. The number of amides is 1. The molecule has 0 aliphatic carbocycles. The monoisotopic (exact) mass is 608 g/mol. The van der Waals surface area contributed by atoms with Crippen molar-refractivity contribution in [3.05, 3.63) is 100.0 Å². The molecule has 0 saturated heterocycles. The number of rotatable bonds is 6. The summed E-state index contributed by atoms with van der Waals surface area (Å²) in [5.41, 5.74) is 1.89. The highest BCUT2D eigenvalue weighted by molar-refractivity contribution is 6.29. The molecule has 1 aliphatic heterocycles. The smallest absolute Gasteiger partial charge is 0.405 e. The highest BCUT2D eigenvalue weighted by Gasteiger charge is 2.35. The number of halogens is 7. The molecule has 5 rings (SSSR count). The van der Waals surface area contributed by atoms with E-state index in [2.05, 4.69) is 15.0 Å². The number of benzene rings is 2. The molecule has 0 radical (unpaired) electrons. The highest BCUT2D eigenvalue weighted by atomic mass is 35.5. The Kier molecular flexibility index (Phi) is 8.20. The van der Waals surface area contributed by atoms with Crippen molar-refractivity contribution in [1.29, 1.82) is 0 Å². The van der Waals surface area contributed by atoms with Crippen molar-refractivity contribution in [2.24, 2.45) is 0 Å². The molecular weight excluding hydrogens is 586 g/mol. The second-order valence-electron chi connectivity index (χ2n) is 9.61. The number of fused-ring (bicyclic) bond motifs is 3. The Morgan fingerprint density at radius 3 is 2.52 bits per heavy atom. The summed E-state index contributed by atoms with van der Waals surface area (Å²) in [6.45, 7) is 1.21. The molecule has 42 heavy (non-hydrogen) atoms. The fourth-order valence-electron chi connectivity index (χ4n) is 4.96. The van der Waals surface area contributed by atoms with Gasteiger partial charge in [0.05, 0.1) is 11.1 Å². The van der Waals surface area contributed by atoms with Gasteiger partial charge in [-0.2, -0.15) is 13.2 Å². The van der Waals surface area contributed by atoms with E-state index in [9.17, 15) is 31.1 Å². The maximum atomic E-state index is 13.4. The molecule has 2 aromatic heterocycles. The van der Waals surface area contributed by atoms with Crippen molar-refractivity contribution in [1.82, 2.24) is 19.8 Å². The molecular formula is C29H23ClF6N4O2. The summed E-state index contributed by atoms with van der Waals surface area (Å²) in [6.07, 6.45) is -4.06. The maximum Gasteiger partial charge on any atom is 0.573 e. The van der Waals surface area contributed by atoms with Gasteiger partial charge in [0.15, 0.2) is 0 Å². The zero-order chi connectivity index (χ0) is 30.1. The molecule has 2 aromatic carbocycles. The molecule has 0 atom stereocenters. The van der Waals surface area contributed by atoms with E-state index >= 15 is 0 Å². The zero-order valence-electron chi connectivity index (χ0n) is 21.8.